The van der Waals surface area contributed by atoms with E-state index in [1.165, 1.54) is 16.8 Å². The van der Waals surface area contributed by atoms with E-state index in [2.05, 4.69) is 18.9 Å². The highest BCUT2D eigenvalue weighted by atomic mass is 35.5. The summed E-state index contributed by atoms with van der Waals surface area (Å²) in [5, 5.41) is 4.23. The first kappa shape index (κ1) is 21.9. The smallest absolute Gasteiger partial charge is 0.274 e. The van der Waals surface area contributed by atoms with Crippen LogP contribution < -0.4 is 11.3 Å². The fourth-order valence-electron chi connectivity index (χ4n) is 2.41. The fourth-order valence-corrected chi connectivity index (χ4v) is 2.41. The molecular formula is C19H27ClN4O2. The van der Waals surface area contributed by atoms with Crippen molar-refractivity contribution in [3.63, 3.8) is 0 Å². The molecule has 7 heteroatoms. The van der Waals surface area contributed by atoms with Crippen LogP contribution in [-0.4, -0.2) is 40.2 Å². The molecule has 26 heavy (non-hydrogen) atoms. The molecule has 1 aromatic carbocycles. The highest BCUT2D eigenvalue weighted by Gasteiger charge is 2.16. The van der Waals surface area contributed by atoms with Crippen molar-refractivity contribution in [2.24, 2.45) is 11.7 Å². The van der Waals surface area contributed by atoms with Crippen LogP contribution in [0.15, 0.2) is 47.3 Å². The van der Waals surface area contributed by atoms with Gasteiger partial charge in [0, 0.05) is 25.7 Å². The number of halogens is 1. The maximum Gasteiger partial charge on any atom is 0.274 e. The molecule has 2 rings (SSSR count). The molecule has 0 spiro atoms. The summed E-state index contributed by atoms with van der Waals surface area (Å²) in [7, 11) is 1.73. The summed E-state index contributed by atoms with van der Waals surface area (Å²) in [4.78, 5) is 26.2. The number of rotatable bonds is 7. The molecule has 0 aliphatic carbocycles. The fraction of sp³-hybridized carbons (Fsp3) is 0.421. The summed E-state index contributed by atoms with van der Waals surface area (Å²) in [6.07, 6.45) is 0.726. The van der Waals surface area contributed by atoms with Gasteiger partial charge in [0.05, 0.1) is 6.54 Å². The summed E-state index contributed by atoms with van der Waals surface area (Å²) in [5.41, 5.74) is 7.02. The summed E-state index contributed by atoms with van der Waals surface area (Å²) >= 11 is 0. The molecule has 1 unspecified atom stereocenters. The van der Waals surface area contributed by atoms with Gasteiger partial charge < -0.3 is 10.6 Å². The lowest BCUT2D eigenvalue weighted by atomic mass is 10.0. The van der Waals surface area contributed by atoms with E-state index in [4.69, 9.17) is 5.73 Å². The van der Waals surface area contributed by atoms with Crippen molar-refractivity contribution in [3.8, 4) is 0 Å². The van der Waals surface area contributed by atoms with E-state index in [9.17, 15) is 9.59 Å². The summed E-state index contributed by atoms with van der Waals surface area (Å²) in [6, 6.07) is 12.5. The van der Waals surface area contributed by atoms with Crippen molar-refractivity contribution in [3.05, 3.63) is 64.1 Å². The molecule has 1 amide bonds. The molecule has 142 valence electrons. The first-order valence-corrected chi connectivity index (χ1v) is 8.51. The molecule has 0 fully saturated rings. The normalized spacial score (nSPS) is 11.7. The van der Waals surface area contributed by atoms with Gasteiger partial charge in [-0.3, -0.25) is 9.59 Å². The lowest BCUT2D eigenvalue weighted by molar-refractivity contribution is 0.0780. The molecular weight excluding hydrogens is 352 g/mol. The zero-order chi connectivity index (χ0) is 18.4. The largest absolute Gasteiger partial charge is 0.340 e. The van der Waals surface area contributed by atoms with Gasteiger partial charge in [-0.15, -0.1) is 12.4 Å². The van der Waals surface area contributed by atoms with Crippen LogP contribution in [-0.2, 0) is 6.54 Å². The second-order valence-electron chi connectivity index (χ2n) is 6.62. The predicted molar refractivity (Wildman–Crippen MR) is 106 cm³/mol. The third-order valence-corrected chi connectivity index (χ3v) is 4.26. The summed E-state index contributed by atoms with van der Waals surface area (Å²) < 4.78 is 1.32. The van der Waals surface area contributed by atoms with Gasteiger partial charge >= 0.3 is 0 Å². The average Bonchev–Trinajstić information content (AvgIpc) is 2.61. The third kappa shape index (κ3) is 5.97. The maximum absolute atomic E-state index is 12.6. The predicted octanol–water partition coefficient (Wildman–Crippen LogP) is 2.16. The number of hydrogen-bond acceptors (Lipinski definition) is 4. The van der Waals surface area contributed by atoms with Crippen LogP contribution in [0, 0.1) is 5.92 Å². The Morgan fingerprint density at radius 1 is 1.19 bits per heavy atom. The molecule has 1 heterocycles. The van der Waals surface area contributed by atoms with Crippen LogP contribution in [0.3, 0.4) is 0 Å². The van der Waals surface area contributed by atoms with Crippen LogP contribution in [0.2, 0.25) is 0 Å². The molecule has 0 saturated heterocycles. The van der Waals surface area contributed by atoms with E-state index in [-0.39, 0.29) is 35.6 Å². The topological polar surface area (TPSA) is 81.2 Å². The second-order valence-corrected chi connectivity index (χ2v) is 6.62. The second kappa shape index (κ2) is 10.1. The van der Waals surface area contributed by atoms with Crippen molar-refractivity contribution in [2.75, 3.05) is 13.6 Å². The van der Waals surface area contributed by atoms with Crippen LogP contribution in [0.25, 0.3) is 0 Å². The van der Waals surface area contributed by atoms with E-state index in [1.807, 2.05) is 30.3 Å². The Labute approximate surface area is 160 Å². The number of nitrogens with zero attached hydrogens (tertiary/aromatic N) is 3. The molecule has 0 bridgehead atoms. The zero-order valence-corrected chi connectivity index (χ0v) is 16.3. The van der Waals surface area contributed by atoms with Crippen LogP contribution >= 0.6 is 12.4 Å². The van der Waals surface area contributed by atoms with Gasteiger partial charge in [0.1, 0.15) is 5.69 Å². The molecule has 0 aliphatic heterocycles. The first-order valence-electron chi connectivity index (χ1n) is 8.51. The highest BCUT2D eigenvalue weighted by Crippen LogP contribution is 2.06. The lowest BCUT2D eigenvalue weighted by Crippen LogP contribution is -2.36. The Kier molecular flexibility index (Phi) is 8.48. The number of nitrogens with two attached hydrogens (primary N) is 1. The van der Waals surface area contributed by atoms with Crippen LogP contribution in [0.1, 0.15) is 36.3 Å². The van der Waals surface area contributed by atoms with Crippen molar-refractivity contribution < 1.29 is 4.79 Å². The quantitative estimate of drug-likeness (QED) is 0.800. The number of amides is 1. The van der Waals surface area contributed by atoms with E-state index < -0.39 is 0 Å². The minimum Gasteiger partial charge on any atom is -0.340 e. The molecule has 1 atom stereocenters. The Morgan fingerprint density at radius 3 is 2.46 bits per heavy atom. The zero-order valence-electron chi connectivity index (χ0n) is 15.5. The molecule has 0 radical (unpaired) electrons. The van der Waals surface area contributed by atoms with Gasteiger partial charge in [0.15, 0.2) is 0 Å². The highest BCUT2D eigenvalue weighted by molar-refractivity contribution is 5.91. The molecule has 2 N–H and O–H groups in total. The minimum absolute atomic E-state index is 0. The van der Waals surface area contributed by atoms with E-state index in [0.717, 1.165) is 12.0 Å². The number of benzene rings is 1. The van der Waals surface area contributed by atoms with Crippen LogP contribution in [0.4, 0.5) is 0 Å². The standard InChI is InChI=1S/C19H26N4O2.ClH/c1-14(2)16(20)11-12-22(3)19(25)17-9-10-18(24)23(21-17)13-15-7-5-4-6-8-15;/h4-10,14,16H,11-13,20H2,1-3H3;1H. The van der Waals surface area contributed by atoms with Gasteiger partial charge in [0.25, 0.3) is 11.5 Å². The Bertz CT molecular complexity index is 762. The van der Waals surface area contributed by atoms with Crippen molar-refractivity contribution >= 4 is 18.3 Å². The summed E-state index contributed by atoms with van der Waals surface area (Å²) in [5.74, 6) is 0.159. The molecule has 0 aliphatic rings. The van der Waals surface area contributed by atoms with Gasteiger partial charge in [-0.1, -0.05) is 44.2 Å². The lowest BCUT2D eigenvalue weighted by Gasteiger charge is -2.21. The number of carbonyl (C=O) groups is 1. The number of hydrogen-bond donors (Lipinski definition) is 1. The Hall–Kier alpha value is -2.18. The van der Waals surface area contributed by atoms with Crippen molar-refractivity contribution in [1.29, 1.82) is 0 Å². The Balaban J connectivity index is 0.00000338. The first-order chi connectivity index (χ1) is 11.9. The number of carbonyl (C=O) groups excluding carboxylic acids is 1. The van der Waals surface area contributed by atoms with Gasteiger partial charge in [-0.05, 0) is 24.0 Å². The number of aromatic nitrogens is 2. The van der Waals surface area contributed by atoms with E-state index in [1.54, 1.807) is 11.9 Å². The van der Waals surface area contributed by atoms with E-state index in [0.29, 0.717) is 19.0 Å². The van der Waals surface area contributed by atoms with E-state index >= 15 is 0 Å². The Morgan fingerprint density at radius 2 is 1.85 bits per heavy atom. The maximum atomic E-state index is 12.6. The summed E-state index contributed by atoms with van der Waals surface area (Å²) in [6.45, 7) is 5.02. The molecule has 0 saturated carbocycles. The minimum atomic E-state index is -0.232. The van der Waals surface area contributed by atoms with Crippen molar-refractivity contribution in [1.82, 2.24) is 14.7 Å². The molecule has 2 aromatic rings. The van der Waals surface area contributed by atoms with Crippen LogP contribution in [0.5, 0.6) is 0 Å². The van der Waals surface area contributed by atoms with Crippen molar-refractivity contribution in [2.45, 2.75) is 32.9 Å². The van der Waals surface area contributed by atoms with Gasteiger partial charge in [-0.25, -0.2) is 4.68 Å². The van der Waals surface area contributed by atoms with Gasteiger partial charge in [0.2, 0.25) is 0 Å². The van der Waals surface area contributed by atoms with Gasteiger partial charge in [-0.2, -0.15) is 5.10 Å². The monoisotopic (exact) mass is 378 g/mol. The third-order valence-electron chi connectivity index (χ3n) is 4.26. The SMILES string of the molecule is CC(C)C(N)CCN(C)C(=O)c1ccc(=O)n(Cc2ccccc2)n1.Cl. The average molecular weight is 379 g/mol. The molecule has 6 nitrogen and oxygen atoms in total. The molecule has 1 aromatic heterocycles.